The normalized spacial score (nSPS) is 17.3. The number of rotatable bonds is 8. The van der Waals surface area contributed by atoms with Crippen LogP contribution in [0.5, 0.6) is 11.5 Å². The summed E-state index contributed by atoms with van der Waals surface area (Å²) in [5, 5.41) is 11.4. The van der Waals surface area contributed by atoms with Gasteiger partial charge in [0.15, 0.2) is 22.9 Å². The van der Waals surface area contributed by atoms with Crippen molar-refractivity contribution in [2.24, 2.45) is 0 Å². The molecular weight excluding hydrogens is 418 g/mol. The van der Waals surface area contributed by atoms with E-state index >= 15 is 0 Å². The Morgan fingerprint density at radius 2 is 1.67 bits per heavy atom. The number of hydrogen-bond acceptors (Lipinski definition) is 5. The first-order valence-electron chi connectivity index (χ1n) is 10.6. The third-order valence-electron chi connectivity index (χ3n) is 5.72. The van der Waals surface area contributed by atoms with Gasteiger partial charge in [0.05, 0.1) is 32.9 Å². The van der Waals surface area contributed by atoms with Crippen molar-refractivity contribution in [3.05, 3.63) is 95.6 Å². The molecule has 168 valence electrons. The number of allylic oxidation sites excluding steroid dienone is 1. The van der Waals surface area contributed by atoms with Crippen LogP contribution in [0.15, 0.2) is 78.9 Å². The first-order valence-corrected chi connectivity index (χ1v) is 10.6. The van der Waals surface area contributed by atoms with Crippen molar-refractivity contribution in [2.75, 3.05) is 19.1 Å². The van der Waals surface area contributed by atoms with Crippen LogP contribution in [0.25, 0.3) is 6.08 Å². The summed E-state index contributed by atoms with van der Waals surface area (Å²) < 4.78 is 10.6. The Kier molecular flexibility index (Phi) is 6.29. The van der Waals surface area contributed by atoms with Gasteiger partial charge in [-0.25, -0.2) is 0 Å². The van der Waals surface area contributed by atoms with E-state index in [1.165, 1.54) is 11.0 Å². The fourth-order valence-corrected chi connectivity index (χ4v) is 4.06. The highest BCUT2D eigenvalue weighted by molar-refractivity contribution is 6.10. The number of amides is 1. The Morgan fingerprint density at radius 1 is 0.970 bits per heavy atom. The van der Waals surface area contributed by atoms with E-state index in [2.05, 4.69) is 0 Å². The maximum Gasteiger partial charge on any atom is 0.264 e. The van der Waals surface area contributed by atoms with Crippen LogP contribution in [0, 0.1) is 0 Å². The number of ketones is 1. The molecule has 6 heteroatoms. The van der Waals surface area contributed by atoms with Crippen LogP contribution in [0.3, 0.4) is 0 Å². The molecule has 0 saturated carbocycles. The number of hydrogen-bond donors (Lipinski definition) is 1. The minimum atomic E-state index is -1.93. The first kappa shape index (κ1) is 22.3. The fourth-order valence-electron chi connectivity index (χ4n) is 4.06. The van der Waals surface area contributed by atoms with Crippen molar-refractivity contribution in [3.8, 4) is 11.5 Å². The number of methoxy groups -OCH3 is 2. The molecule has 33 heavy (non-hydrogen) atoms. The molecule has 1 N–H and O–H groups in total. The van der Waals surface area contributed by atoms with Gasteiger partial charge in [0.1, 0.15) is 0 Å². The highest BCUT2D eigenvalue weighted by Gasteiger charge is 2.50. The lowest BCUT2D eigenvalue weighted by Crippen LogP contribution is -2.41. The second-order valence-electron chi connectivity index (χ2n) is 7.85. The lowest BCUT2D eigenvalue weighted by molar-refractivity contribution is -0.140. The summed E-state index contributed by atoms with van der Waals surface area (Å²) in [5.41, 5.74) is 0.753. The van der Waals surface area contributed by atoms with E-state index in [0.717, 1.165) is 11.1 Å². The van der Waals surface area contributed by atoms with Gasteiger partial charge in [-0.1, -0.05) is 60.7 Å². The molecule has 0 radical (unpaired) electrons. The molecule has 0 spiro atoms. The van der Waals surface area contributed by atoms with Crippen LogP contribution in [0.4, 0.5) is 5.69 Å². The lowest BCUT2D eigenvalue weighted by Gasteiger charge is -2.22. The Balaban J connectivity index is 1.60. The molecule has 1 heterocycles. The number of carbonyl (C=O) groups excluding carboxylic acids is 2. The number of nitrogens with zero attached hydrogens (tertiary/aromatic N) is 1. The zero-order valence-corrected chi connectivity index (χ0v) is 18.5. The van der Waals surface area contributed by atoms with Gasteiger partial charge in [0, 0.05) is 5.56 Å². The molecule has 0 saturated heterocycles. The topological polar surface area (TPSA) is 76.1 Å². The summed E-state index contributed by atoms with van der Waals surface area (Å²) in [4.78, 5) is 27.6. The summed E-state index contributed by atoms with van der Waals surface area (Å²) in [6.45, 7) is 0.215. The Bertz CT molecular complexity index is 1200. The maximum atomic E-state index is 13.4. The zero-order chi connectivity index (χ0) is 23.4. The van der Waals surface area contributed by atoms with E-state index in [1.54, 1.807) is 56.7 Å². The number of benzene rings is 3. The van der Waals surface area contributed by atoms with Gasteiger partial charge in [0.2, 0.25) is 0 Å². The van der Waals surface area contributed by atoms with Crippen LogP contribution in [-0.4, -0.2) is 31.0 Å². The molecular formula is C27H25NO5. The van der Waals surface area contributed by atoms with Gasteiger partial charge in [0.25, 0.3) is 5.91 Å². The Labute approximate surface area is 192 Å². The standard InChI is InChI=1S/C27H25NO5/c1-32-24-15-13-20(16-25(24)33-2)18-28-23-11-7-6-10-22(23)27(31,26(28)30)17-21(29)14-12-19-8-4-3-5-9-19/h3-16,31H,17-18H2,1-2H3/b14-12+/t27-/m0/s1. The number of carbonyl (C=O) groups is 2. The van der Waals surface area contributed by atoms with Crippen molar-refractivity contribution in [3.63, 3.8) is 0 Å². The third kappa shape index (κ3) is 4.38. The van der Waals surface area contributed by atoms with Crippen LogP contribution in [0.2, 0.25) is 0 Å². The van der Waals surface area contributed by atoms with Gasteiger partial charge in [-0.05, 0) is 35.4 Å². The summed E-state index contributed by atoms with van der Waals surface area (Å²) in [6.07, 6.45) is 2.74. The predicted molar refractivity (Wildman–Crippen MR) is 126 cm³/mol. The van der Waals surface area contributed by atoms with Gasteiger partial charge < -0.3 is 19.5 Å². The van der Waals surface area contributed by atoms with Crippen molar-refractivity contribution in [1.29, 1.82) is 0 Å². The van der Waals surface area contributed by atoms with Crippen LogP contribution in [0.1, 0.15) is 23.1 Å². The summed E-state index contributed by atoms with van der Waals surface area (Å²) >= 11 is 0. The van der Waals surface area contributed by atoms with Crippen molar-refractivity contribution in [2.45, 2.75) is 18.6 Å². The summed E-state index contributed by atoms with van der Waals surface area (Å²) in [7, 11) is 3.10. The largest absolute Gasteiger partial charge is 0.493 e. The second kappa shape index (κ2) is 9.30. The highest BCUT2D eigenvalue weighted by atomic mass is 16.5. The number of ether oxygens (including phenoxy) is 2. The molecule has 1 aliphatic heterocycles. The number of anilines is 1. The second-order valence-corrected chi connectivity index (χ2v) is 7.85. The van der Waals surface area contributed by atoms with Crippen molar-refractivity contribution < 1.29 is 24.2 Å². The van der Waals surface area contributed by atoms with E-state index in [4.69, 9.17) is 9.47 Å². The smallest absolute Gasteiger partial charge is 0.264 e. The fraction of sp³-hybridized carbons (Fsp3) is 0.185. The zero-order valence-electron chi connectivity index (χ0n) is 18.5. The average molecular weight is 443 g/mol. The highest BCUT2D eigenvalue weighted by Crippen LogP contribution is 2.43. The lowest BCUT2D eigenvalue weighted by atomic mass is 9.89. The van der Waals surface area contributed by atoms with Crippen molar-refractivity contribution in [1.82, 2.24) is 0 Å². The van der Waals surface area contributed by atoms with E-state index in [0.29, 0.717) is 22.7 Å². The molecule has 0 fully saturated rings. The van der Waals surface area contributed by atoms with Gasteiger partial charge in [-0.2, -0.15) is 0 Å². The molecule has 6 nitrogen and oxygen atoms in total. The predicted octanol–water partition coefficient (Wildman–Crippen LogP) is 4.11. The molecule has 4 rings (SSSR count). The maximum absolute atomic E-state index is 13.4. The third-order valence-corrected chi connectivity index (χ3v) is 5.72. The minimum Gasteiger partial charge on any atom is -0.493 e. The summed E-state index contributed by atoms with van der Waals surface area (Å²) in [6, 6.07) is 21.8. The average Bonchev–Trinajstić information content (AvgIpc) is 3.05. The van der Waals surface area contributed by atoms with Crippen LogP contribution in [-0.2, 0) is 21.7 Å². The van der Waals surface area contributed by atoms with Crippen LogP contribution < -0.4 is 14.4 Å². The molecule has 1 atom stereocenters. The van der Waals surface area contributed by atoms with Crippen molar-refractivity contribution >= 4 is 23.5 Å². The molecule has 1 amide bonds. The molecule has 3 aromatic carbocycles. The molecule has 0 bridgehead atoms. The van der Waals surface area contributed by atoms with Gasteiger partial charge in [-0.3, -0.25) is 9.59 Å². The summed E-state index contributed by atoms with van der Waals surface area (Å²) in [5.74, 6) is 0.269. The SMILES string of the molecule is COc1ccc(CN2C(=O)[C@](O)(CC(=O)/C=C/c3ccccc3)c3ccccc32)cc1OC. The number of para-hydroxylation sites is 1. The minimum absolute atomic E-state index is 0.215. The Morgan fingerprint density at radius 3 is 2.39 bits per heavy atom. The molecule has 0 aromatic heterocycles. The van der Waals surface area contributed by atoms with E-state index < -0.39 is 11.5 Å². The van der Waals surface area contributed by atoms with E-state index in [1.807, 2.05) is 36.4 Å². The molecule has 3 aromatic rings. The van der Waals surface area contributed by atoms with E-state index in [9.17, 15) is 14.7 Å². The monoisotopic (exact) mass is 443 g/mol. The number of fused-ring (bicyclic) bond motifs is 1. The Hall–Kier alpha value is -3.90. The van der Waals surface area contributed by atoms with Gasteiger partial charge in [-0.15, -0.1) is 0 Å². The van der Waals surface area contributed by atoms with Crippen LogP contribution >= 0.6 is 0 Å². The number of aliphatic hydroxyl groups is 1. The quantitative estimate of drug-likeness (QED) is 0.530. The molecule has 0 unspecified atom stereocenters. The molecule has 0 aliphatic carbocycles. The molecule has 1 aliphatic rings. The van der Waals surface area contributed by atoms with E-state index in [-0.39, 0.29) is 18.7 Å². The van der Waals surface area contributed by atoms with Gasteiger partial charge >= 0.3 is 0 Å². The first-order chi connectivity index (χ1) is 16.0.